The van der Waals surface area contributed by atoms with Gasteiger partial charge in [-0.2, -0.15) is 0 Å². The number of aliphatic carboxylic acids is 1. The third-order valence-corrected chi connectivity index (χ3v) is 3.27. The Kier molecular flexibility index (Phi) is 4.40. The van der Waals surface area contributed by atoms with Crippen LogP contribution in [0.5, 0.6) is 0 Å². The number of benzene rings is 1. The molecule has 0 aliphatic carbocycles. The number of carbonyl (C=O) groups is 2. The second-order valence-electron chi connectivity index (χ2n) is 4.89. The molecule has 1 aliphatic heterocycles. The van der Waals surface area contributed by atoms with Gasteiger partial charge >= 0.3 is 12.0 Å². The number of rotatable bonds is 3. The van der Waals surface area contributed by atoms with Crippen LogP contribution in [0.4, 0.5) is 4.79 Å². The van der Waals surface area contributed by atoms with Crippen molar-refractivity contribution in [2.75, 3.05) is 13.1 Å². The highest BCUT2D eigenvalue weighted by atomic mass is 16.4. The molecule has 1 aromatic carbocycles. The number of hydrogen-bond donors (Lipinski definition) is 2. The maximum absolute atomic E-state index is 12.2. The molecule has 1 atom stereocenters. The first-order valence-electron chi connectivity index (χ1n) is 6.57. The molecule has 20 heavy (non-hydrogen) atoms. The molecular weight excluding hydrogens is 256 g/mol. The van der Waals surface area contributed by atoms with Gasteiger partial charge in [0.15, 0.2) is 6.04 Å². The van der Waals surface area contributed by atoms with E-state index in [0.29, 0.717) is 18.7 Å². The van der Waals surface area contributed by atoms with Crippen molar-refractivity contribution in [3.05, 3.63) is 47.5 Å². The summed E-state index contributed by atoms with van der Waals surface area (Å²) in [7, 11) is 0. The lowest BCUT2D eigenvalue weighted by Gasteiger charge is -2.28. The smallest absolute Gasteiger partial charge is 0.330 e. The van der Waals surface area contributed by atoms with Gasteiger partial charge in [-0.15, -0.1) is 0 Å². The van der Waals surface area contributed by atoms with Gasteiger partial charge in [0, 0.05) is 13.1 Å². The van der Waals surface area contributed by atoms with Gasteiger partial charge in [0.05, 0.1) is 0 Å². The van der Waals surface area contributed by atoms with E-state index < -0.39 is 12.0 Å². The lowest BCUT2D eigenvalue weighted by atomic mass is 10.1. The maximum atomic E-state index is 12.2. The van der Waals surface area contributed by atoms with E-state index in [1.54, 1.807) is 29.2 Å². The third kappa shape index (κ3) is 3.38. The van der Waals surface area contributed by atoms with E-state index in [1.165, 1.54) is 0 Å². The monoisotopic (exact) mass is 274 g/mol. The van der Waals surface area contributed by atoms with E-state index in [0.717, 1.165) is 12.0 Å². The van der Waals surface area contributed by atoms with Crippen molar-refractivity contribution in [1.82, 2.24) is 10.2 Å². The zero-order valence-corrected chi connectivity index (χ0v) is 11.4. The topological polar surface area (TPSA) is 69.6 Å². The first-order chi connectivity index (χ1) is 9.58. The van der Waals surface area contributed by atoms with Crippen molar-refractivity contribution < 1.29 is 14.7 Å². The average molecular weight is 274 g/mol. The molecule has 1 aromatic rings. The molecule has 0 fully saturated rings. The van der Waals surface area contributed by atoms with E-state index in [4.69, 9.17) is 0 Å². The van der Waals surface area contributed by atoms with Crippen LogP contribution < -0.4 is 5.32 Å². The lowest BCUT2D eigenvalue weighted by molar-refractivity contribution is -0.139. The number of carbonyl (C=O) groups excluding carboxylic acids is 1. The predicted octanol–water partition coefficient (Wildman–Crippen LogP) is 2.17. The van der Waals surface area contributed by atoms with Gasteiger partial charge in [-0.3, -0.25) is 0 Å². The van der Waals surface area contributed by atoms with Crippen molar-refractivity contribution in [3.63, 3.8) is 0 Å². The van der Waals surface area contributed by atoms with E-state index in [1.807, 2.05) is 13.0 Å². The van der Waals surface area contributed by atoms with Crippen LogP contribution in [0.25, 0.3) is 0 Å². The van der Waals surface area contributed by atoms with Crippen LogP contribution in [0.1, 0.15) is 24.9 Å². The summed E-state index contributed by atoms with van der Waals surface area (Å²) in [6.45, 7) is 3.13. The molecule has 5 heteroatoms. The van der Waals surface area contributed by atoms with Gasteiger partial charge in [0.1, 0.15) is 0 Å². The highest BCUT2D eigenvalue weighted by Gasteiger charge is 2.25. The third-order valence-electron chi connectivity index (χ3n) is 3.27. The summed E-state index contributed by atoms with van der Waals surface area (Å²) in [6.07, 6.45) is 2.90. The van der Waals surface area contributed by atoms with Crippen LogP contribution in [-0.2, 0) is 4.79 Å². The molecule has 0 saturated carbocycles. The summed E-state index contributed by atoms with van der Waals surface area (Å²) in [4.78, 5) is 25.1. The van der Waals surface area contributed by atoms with E-state index >= 15 is 0 Å². The number of carboxylic acid groups (broad SMARTS) is 1. The van der Waals surface area contributed by atoms with Crippen LogP contribution >= 0.6 is 0 Å². The maximum Gasteiger partial charge on any atom is 0.330 e. The Labute approximate surface area is 117 Å². The summed E-state index contributed by atoms with van der Waals surface area (Å²) in [6, 6.07) is 7.35. The SMILES string of the molecule is CC1=CCCN(C(=O)N[C@@H](C(=O)O)c2ccccc2)C1. The summed E-state index contributed by atoms with van der Waals surface area (Å²) in [5.74, 6) is -1.06. The normalized spacial score (nSPS) is 16.2. The molecule has 1 aliphatic rings. The van der Waals surface area contributed by atoms with Gasteiger partial charge in [-0.1, -0.05) is 42.0 Å². The fraction of sp³-hybridized carbons (Fsp3) is 0.333. The minimum absolute atomic E-state index is 0.339. The number of urea groups is 1. The van der Waals surface area contributed by atoms with Crippen molar-refractivity contribution in [2.24, 2.45) is 0 Å². The second-order valence-corrected chi connectivity index (χ2v) is 4.89. The largest absolute Gasteiger partial charge is 0.479 e. The molecule has 2 N–H and O–H groups in total. The quantitative estimate of drug-likeness (QED) is 0.830. The molecule has 2 amide bonds. The molecule has 1 heterocycles. The Morgan fingerprint density at radius 1 is 1.30 bits per heavy atom. The number of carboxylic acids is 1. The Bertz CT molecular complexity index is 525. The standard InChI is InChI=1S/C15H18N2O3/c1-11-6-5-9-17(10-11)15(20)16-13(14(18)19)12-7-3-2-4-8-12/h2-4,6-8,13H,5,9-10H2,1H3,(H,16,20)(H,18,19)/t13-/m1/s1. The molecule has 0 unspecified atom stereocenters. The summed E-state index contributed by atoms with van der Waals surface area (Å²) >= 11 is 0. The Morgan fingerprint density at radius 2 is 2.00 bits per heavy atom. The number of nitrogens with one attached hydrogen (secondary N) is 1. The van der Waals surface area contributed by atoms with E-state index in [2.05, 4.69) is 11.4 Å². The first kappa shape index (κ1) is 14.1. The fourth-order valence-electron chi connectivity index (χ4n) is 2.23. The summed E-state index contributed by atoms with van der Waals surface area (Å²) in [5, 5.41) is 11.9. The molecule has 0 aromatic heterocycles. The number of amides is 2. The average Bonchev–Trinajstić information content (AvgIpc) is 2.45. The minimum atomic E-state index is -1.06. The molecule has 106 valence electrons. The van der Waals surface area contributed by atoms with E-state index in [9.17, 15) is 14.7 Å². The van der Waals surface area contributed by atoms with Crippen molar-refractivity contribution in [1.29, 1.82) is 0 Å². The zero-order chi connectivity index (χ0) is 14.5. The Morgan fingerprint density at radius 3 is 2.60 bits per heavy atom. The number of hydrogen-bond acceptors (Lipinski definition) is 2. The van der Waals surface area contributed by atoms with Crippen LogP contribution in [0, 0.1) is 0 Å². The molecule has 5 nitrogen and oxygen atoms in total. The molecule has 2 rings (SSSR count). The van der Waals surface area contributed by atoms with Gasteiger partial charge in [0.2, 0.25) is 0 Å². The first-order valence-corrected chi connectivity index (χ1v) is 6.57. The second kappa shape index (κ2) is 6.23. The summed E-state index contributed by atoms with van der Waals surface area (Å²) in [5.41, 5.74) is 1.69. The van der Waals surface area contributed by atoms with Crippen molar-refractivity contribution >= 4 is 12.0 Å². The van der Waals surface area contributed by atoms with Crippen molar-refractivity contribution in [2.45, 2.75) is 19.4 Å². The predicted molar refractivity (Wildman–Crippen MR) is 75.3 cm³/mol. The molecule has 0 saturated heterocycles. The Balaban J connectivity index is 2.07. The Hall–Kier alpha value is -2.30. The fourth-order valence-corrected chi connectivity index (χ4v) is 2.23. The van der Waals surface area contributed by atoms with Crippen molar-refractivity contribution in [3.8, 4) is 0 Å². The zero-order valence-electron chi connectivity index (χ0n) is 11.4. The van der Waals surface area contributed by atoms with Gasteiger partial charge in [-0.25, -0.2) is 9.59 Å². The van der Waals surface area contributed by atoms with Crippen LogP contribution in [0.3, 0.4) is 0 Å². The number of nitrogens with zero attached hydrogens (tertiary/aromatic N) is 1. The lowest BCUT2D eigenvalue weighted by Crippen LogP contribution is -2.45. The summed E-state index contributed by atoms with van der Waals surface area (Å²) < 4.78 is 0. The molecule has 0 spiro atoms. The molecular formula is C15H18N2O3. The molecule has 0 bridgehead atoms. The van der Waals surface area contributed by atoms with Crippen LogP contribution in [0.2, 0.25) is 0 Å². The highest BCUT2D eigenvalue weighted by molar-refractivity contribution is 5.83. The van der Waals surface area contributed by atoms with Gasteiger partial charge in [0.25, 0.3) is 0 Å². The van der Waals surface area contributed by atoms with Crippen LogP contribution in [0.15, 0.2) is 42.0 Å². The minimum Gasteiger partial charge on any atom is -0.479 e. The molecule has 0 radical (unpaired) electrons. The van der Waals surface area contributed by atoms with Gasteiger partial charge in [-0.05, 0) is 18.9 Å². The van der Waals surface area contributed by atoms with Crippen LogP contribution in [-0.4, -0.2) is 35.1 Å². The highest BCUT2D eigenvalue weighted by Crippen LogP contribution is 2.15. The van der Waals surface area contributed by atoms with E-state index in [-0.39, 0.29) is 6.03 Å². The van der Waals surface area contributed by atoms with Gasteiger partial charge < -0.3 is 15.3 Å².